The molecule has 0 bridgehead atoms. The van der Waals surface area contributed by atoms with E-state index < -0.39 is 18.5 Å². The van der Waals surface area contributed by atoms with E-state index in [1.165, 1.54) is 12.3 Å². The van der Waals surface area contributed by atoms with Gasteiger partial charge in [0, 0.05) is 13.0 Å². The molecule has 0 aliphatic carbocycles. The number of hydrogen-bond donors (Lipinski definition) is 1. The van der Waals surface area contributed by atoms with Crippen molar-refractivity contribution in [3.05, 3.63) is 22.6 Å². The van der Waals surface area contributed by atoms with Crippen molar-refractivity contribution >= 4 is 21.8 Å². The molecule has 16 heavy (non-hydrogen) atoms. The molecule has 1 heterocycles. The van der Waals surface area contributed by atoms with Crippen LogP contribution in [0.15, 0.2) is 21.4 Å². The van der Waals surface area contributed by atoms with Crippen molar-refractivity contribution < 1.29 is 22.4 Å². The second-order valence-electron chi connectivity index (χ2n) is 3.08. The SMILES string of the molecule is O=C(NCCCC(F)(F)F)c1ccoc1Br. The molecule has 0 radical (unpaired) electrons. The molecule has 1 N–H and O–H groups in total. The molecule has 0 aliphatic rings. The van der Waals surface area contributed by atoms with Gasteiger partial charge in [0.15, 0.2) is 4.67 Å². The van der Waals surface area contributed by atoms with Crippen molar-refractivity contribution in [2.75, 3.05) is 6.54 Å². The first-order valence-corrected chi connectivity index (χ1v) is 5.27. The highest BCUT2D eigenvalue weighted by molar-refractivity contribution is 9.10. The third-order valence-corrected chi connectivity index (χ3v) is 2.40. The van der Waals surface area contributed by atoms with E-state index in [1.807, 2.05) is 0 Å². The maximum atomic E-state index is 11.8. The van der Waals surface area contributed by atoms with Crippen LogP contribution in [0.5, 0.6) is 0 Å². The smallest absolute Gasteiger partial charge is 0.389 e. The van der Waals surface area contributed by atoms with Crippen LogP contribution >= 0.6 is 15.9 Å². The molecule has 0 saturated carbocycles. The molecule has 0 aliphatic heterocycles. The number of furan rings is 1. The fraction of sp³-hybridized carbons (Fsp3) is 0.444. The number of rotatable bonds is 4. The molecule has 0 atom stereocenters. The highest BCUT2D eigenvalue weighted by Crippen LogP contribution is 2.21. The van der Waals surface area contributed by atoms with Gasteiger partial charge in [-0.3, -0.25) is 4.79 Å². The number of amides is 1. The van der Waals surface area contributed by atoms with Gasteiger partial charge in [0.25, 0.3) is 5.91 Å². The van der Waals surface area contributed by atoms with Crippen LogP contribution in [0.3, 0.4) is 0 Å². The topological polar surface area (TPSA) is 42.2 Å². The summed E-state index contributed by atoms with van der Waals surface area (Å²) in [6, 6.07) is 1.43. The van der Waals surface area contributed by atoms with Gasteiger partial charge in [0.05, 0.1) is 11.8 Å². The molecule has 3 nitrogen and oxygen atoms in total. The predicted octanol–water partition coefficient (Wildman–Crippen LogP) is 3.11. The van der Waals surface area contributed by atoms with Crippen molar-refractivity contribution in [2.24, 2.45) is 0 Å². The minimum Gasteiger partial charge on any atom is -0.457 e. The summed E-state index contributed by atoms with van der Waals surface area (Å²) in [7, 11) is 0. The third-order valence-electron chi connectivity index (χ3n) is 1.79. The number of carbonyl (C=O) groups excluding carboxylic acids is 1. The third kappa shape index (κ3) is 4.26. The molecule has 0 unspecified atom stereocenters. The van der Waals surface area contributed by atoms with Gasteiger partial charge in [0.2, 0.25) is 0 Å². The summed E-state index contributed by atoms with van der Waals surface area (Å²) in [5.74, 6) is -0.456. The van der Waals surface area contributed by atoms with E-state index in [-0.39, 0.29) is 23.2 Å². The Morgan fingerprint density at radius 2 is 2.19 bits per heavy atom. The average Bonchev–Trinajstić information content (AvgIpc) is 2.57. The highest BCUT2D eigenvalue weighted by Gasteiger charge is 2.26. The van der Waals surface area contributed by atoms with Crippen LogP contribution in [0.4, 0.5) is 13.2 Å². The Kier molecular flexibility index (Phi) is 4.40. The lowest BCUT2D eigenvalue weighted by Gasteiger charge is -2.06. The predicted molar refractivity (Wildman–Crippen MR) is 54.0 cm³/mol. The number of nitrogens with one attached hydrogen (secondary N) is 1. The zero-order valence-corrected chi connectivity index (χ0v) is 9.69. The molecule has 1 aromatic heterocycles. The molecule has 7 heteroatoms. The van der Waals surface area contributed by atoms with Crippen molar-refractivity contribution in [1.82, 2.24) is 5.32 Å². The lowest BCUT2D eigenvalue weighted by Crippen LogP contribution is -2.25. The van der Waals surface area contributed by atoms with Gasteiger partial charge in [-0.1, -0.05) is 0 Å². The maximum absolute atomic E-state index is 11.8. The van der Waals surface area contributed by atoms with Gasteiger partial charge in [-0.15, -0.1) is 0 Å². The second-order valence-corrected chi connectivity index (χ2v) is 3.80. The van der Waals surface area contributed by atoms with Crippen LogP contribution < -0.4 is 5.32 Å². The summed E-state index contributed by atoms with van der Waals surface area (Å²) >= 11 is 3.00. The van der Waals surface area contributed by atoms with E-state index in [9.17, 15) is 18.0 Å². The van der Waals surface area contributed by atoms with E-state index in [4.69, 9.17) is 4.42 Å². The zero-order chi connectivity index (χ0) is 12.2. The lowest BCUT2D eigenvalue weighted by molar-refractivity contribution is -0.135. The monoisotopic (exact) mass is 299 g/mol. The fourth-order valence-corrected chi connectivity index (χ4v) is 1.46. The van der Waals surface area contributed by atoms with Crippen molar-refractivity contribution in [1.29, 1.82) is 0 Å². The second kappa shape index (κ2) is 5.38. The largest absolute Gasteiger partial charge is 0.457 e. The Morgan fingerprint density at radius 3 is 2.69 bits per heavy atom. The normalized spacial score (nSPS) is 11.5. The van der Waals surface area contributed by atoms with Crippen LogP contribution in [-0.2, 0) is 0 Å². The summed E-state index contributed by atoms with van der Waals surface area (Å²) < 4.78 is 40.4. The number of hydrogen-bond acceptors (Lipinski definition) is 2. The van der Waals surface area contributed by atoms with Crippen LogP contribution in [0.1, 0.15) is 23.2 Å². The first-order valence-electron chi connectivity index (χ1n) is 4.48. The van der Waals surface area contributed by atoms with Crippen molar-refractivity contribution in [3.8, 4) is 0 Å². The van der Waals surface area contributed by atoms with Gasteiger partial charge in [-0.05, 0) is 28.4 Å². The summed E-state index contributed by atoms with van der Waals surface area (Å²) in [5.41, 5.74) is 0.270. The van der Waals surface area contributed by atoms with E-state index >= 15 is 0 Å². The Hall–Kier alpha value is -0.980. The Bertz CT molecular complexity index is 362. The minimum atomic E-state index is -4.18. The first-order chi connectivity index (χ1) is 7.40. The Labute approximate surface area is 98.1 Å². The number of halogens is 4. The van der Waals surface area contributed by atoms with E-state index in [1.54, 1.807) is 0 Å². The Balaban J connectivity index is 2.29. The molecule has 0 aromatic carbocycles. The quantitative estimate of drug-likeness (QED) is 0.868. The summed E-state index contributed by atoms with van der Waals surface area (Å²) in [6.45, 7) is -0.0179. The first kappa shape index (κ1) is 13.1. The average molecular weight is 300 g/mol. The molecule has 1 amide bonds. The van der Waals surface area contributed by atoms with Crippen LogP contribution in [0, 0.1) is 0 Å². The zero-order valence-electron chi connectivity index (χ0n) is 8.10. The highest BCUT2D eigenvalue weighted by atomic mass is 79.9. The van der Waals surface area contributed by atoms with Gasteiger partial charge < -0.3 is 9.73 Å². The van der Waals surface area contributed by atoms with Crippen LogP contribution in [0.2, 0.25) is 0 Å². The summed E-state index contributed by atoms with van der Waals surface area (Å²) in [6.07, 6.45) is -3.90. The van der Waals surface area contributed by atoms with Crippen LogP contribution in [0.25, 0.3) is 0 Å². The standard InChI is InChI=1S/C9H9BrF3NO2/c10-7-6(2-5-16-7)8(15)14-4-1-3-9(11,12)13/h2,5H,1,3-4H2,(H,14,15). The summed E-state index contributed by atoms with van der Waals surface area (Å²) in [4.78, 5) is 11.4. The van der Waals surface area contributed by atoms with E-state index in [2.05, 4.69) is 21.2 Å². The number of carbonyl (C=O) groups is 1. The molecule has 0 fully saturated rings. The van der Waals surface area contributed by atoms with Gasteiger partial charge in [-0.25, -0.2) is 0 Å². The van der Waals surface area contributed by atoms with Gasteiger partial charge in [-0.2, -0.15) is 13.2 Å². The number of alkyl halides is 3. The van der Waals surface area contributed by atoms with Crippen LogP contribution in [-0.4, -0.2) is 18.6 Å². The van der Waals surface area contributed by atoms with E-state index in [0.717, 1.165) is 0 Å². The fourth-order valence-electron chi connectivity index (χ4n) is 1.04. The molecular weight excluding hydrogens is 291 g/mol. The lowest BCUT2D eigenvalue weighted by atomic mass is 10.3. The molecule has 0 saturated heterocycles. The van der Waals surface area contributed by atoms with Gasteiger partial charge in [0.1, 0.15) is 0 Å². The van der Waals surface area contributed by atoms with Crippen molar-refractivity contribution in [2.45, 2.75) is 19.0 Å². The minimum absolute atomic E-state index is 0.0179. The molecular formula is C9H9BrF3NO2. The van der Waals surface area contributed by atoms with Crippen molar-refractivity contribution in [3.63, 3.8) is 0 Å². The van der Waals surface area contributed by atoms with Gasteiger partial charge >= 0.3 is 6.18 Å². The van der Waals surface area contributed by atoms with E-state index in [0.29, 0.717) is 0 Å². The molecule has 1 aromatic rings. The molecule has 1 rings (SSSR count). The maximum Gasteiger partial charge on any atom is 0.389 e. The molecule has 0 spiro atoms. The Morgan fingerprint density at radius 1 is 1.50 bits per heavy atom. The summed E-state index contributed by atoms with van der Waals surface area (Å²) in [5, 5.41) is 2.37. The molecule has 90 valence electrons.